The summed E-state index contributed by atoms with van der Waals surface area (Å²) in [5.74, 6) is 1.46. The summed E-state index contributed by atoms with van der Waals surface area (Å²) in [4.78, 5) is 9.19. The number of hydrogen-bond acceptors (Lipinski definition) is 3. The molecule has 1 aromatic carbocycles. The standard InChI is InChI=1S/C17H23N3/c1-12(2)10-18-11-16-9-14(4)19-17(20-16)15-7-5-13(3)6-8-15/h5-9,12,18H,10-11H2,1-4H3. The fraction of sp³-hybridized carbons (Fsp3) is 0.412. The number of aromatic nitrogens is 2. The zero-order chi connectivity index (χ0) is 14.5. The lowest BCUT2D eigenvalue weighted by Gasteiger charge is -2.09. The van der Waals surface area contributed by atoms with Crippen molar-refractivity contribution in [2.45, 2.75) is 34.2 Å². The van der Waals surface area contributed by atoms with Crippen molar-refractivity contribution in [3.05, 3.63) is 47.3 Å². The molecule has 0 radical (unpaired) electrons. The normalized spacial score (nSPS) is 11.1. The SMILES string of the molecule is Cc1ccc(-c2nc(C)cc(CNCC(C)C)n2)cc1. The van der Waals surface area contributed by atoms with E-state index >= 15 is 0 Å². The van der Waals surface area contributed by atoms with Gasteiger partial charge in [-0.1, -0.05) is 43.7 Å². The second-order valence-electron chi connectivity index (χ2n) is 5.72. The molecule has 3 heteroatoms. The molecule has 0 amide bonds. The molecule has 0 atom stereocenters. The van der Waals surface area contributed by atoms with Crippen LogP contribution in [0.3, 0.4) is 0 Å². The van der Waals surface area contributed by atoms with E-state index in [1.165, 1.54) is 5.56 Å². The molecule has 2 aromatic rings. The van der Waals surface area contributed by atoms with E-state index < -0.39 is 0 Å². The Morgan fingerprint density at radius 2 is 1.75 bits per heavy atom. The van der Waals surface area contributed by atoms with Gasteiger partial charge in [-0.05, 0) is 32.4 Å². The molecule has 20 heavy (non-hydrogen) atoms. The van der Waals surface area contributed by atoms with Crippen molar-refractivity contribution < 1.29 is 0 Å². The first-order valence-electron chi connectivity index (χ1n) is 7.17. The van der Waals surface area contributed by atoms with E-state index in [0.717, 1.165) is 35.9 Å². The number of nitrogens with one attached hydrogen (secondary N) is 1. The van der Waals surface area contributed by atoms with Gasteiger partial charge in [-0.25, -0.2) is 9.97 Å². The predicted molar refractivity (Wildman–Crippen MR) is 83.5 cm³/mol. The quantitative estimate of drug-likeness (QED) is 0.902. The molecule has 0 bridgehead atoms. The highest BCUT2D eigenvalue weighted by atomic mass is 14.9. The average Bonchev–Trinajstić information content (AvgIpc) is 2.38. The van der Waals surface area contributed by atoms with Crippen LogP contribution in [-0.4, -0.2) is 16.5 Å². The number of rotatable bonds is 5. The lowest BCUT2D eigenvalue weighted by Crippen LogP contribution is -2.20. The maximum Gasteiger partial charge on any atom is 0.159 e. The number of aryl methyl sites for hydroxylation is 2. The van der Waals surface area contributed by atoms with E-state index in [4.69, 9.17) is 0 Å². The van der Waals surface area contributed by atoms with Crippen molar-refractivity contribution in [3.63, 3.8) is 0 Å². The molecule has 1 heterocycles. The Bertz CT molecular complexity index is 559. The first-order chi connectivity index (χ1) is 9.54. The zero-order valence-electron chi connectivity index (χ0n) is 12.8. The van der Waals surface area contributed by atoms with Crippen molar-refractivity contribution >= 4 is 0 Å². The van der Waals surface area contributed by atoms with Gasteiger partial charge in [-0.15, -0.1) is 0 Å². The molecular weight excluding hydrogens is 246 g/mol. The Hall–Kier alpha value is -1.74. The van der Waals surface area contributed by atoms with E-state index in [1.54, 1.807) is 0 Å². The van der Waals surface area contributed by atoms with E-state index in [1.807, 2.05) is 13.0 Å². The Labute approximate surface area is 121 Å². The molecule has 2 rings (SSSR count). The minimum atomic E-state index is 0.648. The predicted octanol–water partition coefficient (Wildman–Crippen LogP) is 3.51. The van der Waals surface area contributed by atoms with E-state index in [-0.39, 0.29) is 0 Å². The van der Waals surface area contributed by atoms with E-state index in [0.29, 0.717) is 5.92 Å². The molecule has 0 aliphatic carbocycles. The van der Waals surface area contributed by atoms with Gasteiger partial charge >= 0.3 is 0 Å². The van der Waals surface area contributed by atoms with Crippen LogP contribution < -0.4 is 5.32 Å². The van der Waals surface area contributed by atoms with Gasteiger partial charge in [0.25, 0.3) is 0 Å². The van der Waals surface area contributed by atoms with Crippen molar-refractivity contribution in [1.29, 1.82) is 0 Å². The van der Waals surface area contributed by atoms with Crippen LogP contribution in [-0.2, 0) is 6.54 Å². The molecule has 106 valence electrons. The first-order valence-corrected chi connectivity index (χ1v) is 7.17. The van der Waals surface area contributed by atoms with Crippen molar-refractivity contribution in [2.24, 2.45) is 5.92 Å². The molecule has 0 saturated heterocycles. The van der Waals surface area contributed by atoms with Gasteiger partial charge in [0.05, 0.1) is 5.69 Å². The Morgan fingerprint density at radius 1 is 1.05 bits per heavy atom. The van der Waals surface area contributed by atoms with Crippen molar-refractivity contribution in [3.8, 4) is 11.4 Å². The topological polar surface area (TPSA) is 37.8 Å². The molecule has 3 nitrogen and oxygen atoms in total. The number of benzene rings is 1. The van der Waals surface area contributed by atoms with Gasteiger partial charge in [0.2, 0.25) is 0 Å². The Kier molecular flexibility index (Phi) is 4.85. The summed E-state index contributed by atoms with van der Waals surface area (Å²) in [5.41, 5.74) is 4.38. The molecule has 0 aliphatic heterocycles. The third-order valence-corrected chi connectivity index (χ3v) is 3.08. The van der Waals surface area contributed by atoms with E-state index in [2.05, 4.69) is 60.3 Å². The van der Waals surface area contributed by atoms with Gasteiger partial charge in [0.15, 0.2) is 5.82 Å². The summed E-state index contributed by atoms with van der Waals surface area (Å²) in [6.45, 7) is 10.3. The smallest absolute Gasteiger partial charge is 0.159 e. The summed E-state index contributed by atoms with van der Waals surface area (Å²) in [7, 11) is 0. The van der Waals surface area contributed by atoms with Crippen LogP contribution in [0.1, 0.15) is 30.8 Å². The summed E-state index contributed by atoms with van der Waals surface area (Å²) >= 11 is 0. The second-order valence-corrected chi connectivity index (χ2v) is 5.72. The largest absolute Gasteiger partial charge is 0.311 e. The van der Waals surface area contributed by atoms with Crippen LogP contribution in [0, 0.1) is 19.8 Å². The molecule has 0 spiro atoms. The maximum atomic E-state index is 4.66. The fourth-order valence-corrected chi connectivity index (χ4v) is 2.04. The van der Waals surface area contributed by atoms with Crippen LogP contribution in [0.15, 0.2) is 30.3 Å². The zero-order valence-corrected chi connectivity index (χ0v) is 12.8. The molecule has 0 aliphatic rings. The summed E-state index contributed by atoms with van der Waals surface area (Å²) in [5, 5.41) is 3.43. The minimum absolute atomic E-state index is 0.648. The first kappa shape index (κ1) is 14.7. The molecule has 0 fully saturated rings. The number of nitrogens with zero attached hydrogens (tertiary/aromatic N) is 2. The van der Waals surface area contributed by atoms with Gasteiger partial charge in [0, 0.05) is 17.8 Å². The van der Waals surface area contributed by atoms with Gasteiger partial charge in [0.1, 0.15) is 0 Å². The lowest BCUT2D eigenvalue weighted by molar-refractivity contribution is 0.548. The molecule has 1 N–H and O–H groups in total. The van der Waals surface area contributed by atoms with E-state index in [9.17, 15) is 0 Å². The van der Waals surface area contributed by atoms with Crippen LogP contribution in [0.2, 0.25) is 0 Å². The maximum absolute atomic E-state index is 4.66. The van der Waals surface area contributed by atoms with Crippen LogP contribution in [0.25, 0.3) is 11.4 Å². The highest BCUT2D eigenvalue weighted by Crippen LogP contribution is 2.16. The van der Waals surface area contributed by atoms with Crippen LogP contribution in [0.5, 0.6) is 0 Å². The van der Waals surface area contributed by atoms with Crippen molar-refractivity contribution in [1.82, 2.24) is 15.3 Å². The van der Waals surface area contributed by atoms with Crippen molar-refractivity contribution in [2.75, 3.05) is 6.54 Å². The second kappa shape index (κ2) is 6.62. The molecular formula is C17H23N3. The van der Waals surface area contributed by atoms with Gasteiger partial charge < -0.3 is 5.32 Å². The average molecular weight is 269 g/mol. The highest BCUT2D eigenvalue weighted by molar-refractivity contribution is 5.55. The summed E-state index contributed by atoms with van der Waals surface area (Å²) in [6.07, 6.45) is 0. The lowest BCUT2D eigenvalue weighted by atomic mass is 10.1. The summed E-state index contributed by atoms with van der Waals surface area (Å²) in [6, 6.07) is 10.4. The van der Waals surface area contributed by atoms with Crippen LogP contribution in [0.4, 0.5) is 0 Å². The Balaban J connectivity index is 2.18. The molecule has 0 saturated carbocycles. The molecule has 0 unspecified atom stereocenters. The summed E-state index contributed by atoms with van der Waals surface area (Å²) < 4.78 is 0. The minimum Gasteiger partial charge on any atom is -0.311 e. The number of hydrogen-bond donors (Lipinski definition) is 1. The Morgan fingerprint density at radius 3 is 2.40 bits per heavy atom. The molecule has 1 aromatic heterocycles. The van der Waals surface area contributed by atoms with Crippen LogP contribution >= 0.6 is 0 Å². The highest BCUT2D eigenvalue weighted by Gasteiger charge is 2.05. The monoisotopic (exact) mass is 269 g/mol. The van der Waals surface area contributed by atoms with Gasteiger partial charge in [-0.3, -0.25) is 0 Å². The third kappa shape index (κ3) is 4.14. The third-order valence-electron chi connectivity index (χ3n) is 3.08. The van der Waals surface area contributed by atoms with Gasteiger partial charge in [-0.2, -0.15) is 0 Å². The fourth-order valence-electron chi connectivity index (χ4n) is 2.04.